The van der Waals surface area contributed by atoms with Crippen molar-refractivity contribution in [2.24, 2.45) is 0 Å². The summed E-state index contributed by atoms with van der Waals surface area (Å²) in [5.74, 6) is 0. The van der Waals surface area contributed by atoms with Gasteiger partial charge in [-0.15, -0.1) is 0 Å². The molecule has 0 aliphatic heterocycles. The molecular weight excluding hydrogens is 579 g/mol. The highest BCUT2D eigenvalue weighted by Crippen LogP contribution is 2.56. The van der Waals surface area contributed by atoms with Crippen molar-refractivity contribution in [3.63, 3.8) is 0 Å². The van der Waals surface area contributed by atoms with Gasteiger partial charge in [-0.25, -0.2) is 0 Å². The molecule has 0 saturated carbocycles. The van der Waals surface area contributed by atoms with Crippen LogP contribution >= 0.6 is 0 Å². The molecule has 7 aromatic carbocycles. The topological polar surface area (TPSA) is 3.24 Å². The fraction of sp³-hybridized carbons (Fsp3) is 0.149. The summed E-state index contributed by atoms with van der Waals surface area (Å²) < 4.78 is 0. The number of nitrogens with zero attached hydrogens (tertiary/aromatic N) is 1. The molecule has 0 aromatic heterocycles. The number of aryl methyl sites for hydroxylation is 1. The Morgan fingerprint density at radius 2 is 1.02 bits per heavy atom. The maximum atomic E-state index is 2.52. The first-order chi connectivity index (χ1) is 23.2. The molecule has 0 saturated heterocycles. The summed E-state index contributed by atoms with van der Waals surface area (Å²) in [6.07, 6.45) is 0. The van der Waals surface area contributed by atoms with E-state index in [1.165, 1.54) is 89.0 Å². The maximum Gasteiger partial charge on any atom is 0.0543 e. The first kappa shape index (κ1) is 28.8. The third-order valence-electron chi connectivity index (χ3n) is 11.2. The van der Waals surface area contributed by atoms with Crippen LogP contribution in [0.25, 0.3) is 44.2 Å². The van der Waals surface area contributed by atoms with Crippen LogP contribution in [0.3, 0.4) is 0 Å². The lowest BCUT2D eigenvalue weighted by Gasteiger charge is -2.31. The number of fused-ring (bicyclic) bond motifs is 7. The quantitative estimate of drug-likeness (QED) is 0.190. The van der Waals surface area contributed by atoms with Crippen LogP contribution in [-0.4, -0.2) is 0 Å². The van der Waals surface area contributed by atoms with Gasteiger partial charge >= 0.3 is 0 Å². The van der Waals surface area contributed by atoms with E-state index >= 15 is 0 Å². The molecule has 0 bridgehead atoms. The molecule has 0 heterocycles. The summed E-state index contributed by atoms with van der Waals surface area (Å²) in [6, 6.07) is 54.3. The smallest absolute Gasteiger partial charge is 0.0543 e. The minimum absolute atomic E-state index is 0.0792. The normalized spacial score (nSPS) is 14.7. The molecule has 0 N–H and O–H groups in total. The van der Waals surface area contributed by atoms with Gasteiger partial charge in [-0.3, -0.25) is 0 Å². The lowest BCUT2D eigenvalue weighted by Crippen LogP contribution is -2.18. The zero-order valence-corrected chi connectivity index (χ0v) is 28.3. The average Bonchev–Trinajstić information content (AvgIpc) is 3.49. The van der Waals surface area contributed by atoms with E-state index in [2.05, 4.69) is 185 Å². The van der Waals surface area contributed by atoms with Crippen LogP contribution in [0.15, 0.2) is 146 Å². The van der Waals surface area contributed by atoms with Gasteiger partial charge < -0.3 is 4.90 Å². The average molecular weight is 618 g/mol. The first-order valence-corrected chi connectivity index (χ1v) is 17.1. The van der Waals surface area contributed by atoms with Gasteiger partial charge in [0.25, 0.3) is 0 Å². The van der Waals surface area contributed by atoms with Gasteiger partial charge in [0.2, 0.25) is 0 Å². The van der Waals surface area contributed by atoms with Crippen LogP contribution in [0.2, 0.25) is 0 Å². The molecule has 7 aromatic rings. The fourth-order valence-electron chi connectivity index (χ4n) is 8.62. The van der Waals surface area contributed by atoms with E-state index < -0.39 is 0 Å². The molecular formula is C47H39N. The second-order valence-corrected chi connectivity index (χ2v) is 14.7. The Balaban J connectivity index is 1.26. The summed E-state index contributed by atoms with van der Waals surface area (Å²) in [5.41, 5.74) is 18.1. The molecule has 0 unspecified atom stereocenters. The van der Waals surface area contributed by atoms with Gasteiger partial charge in [-0.1, -0.05) is 137 Å². The lowest BCUT2D eigenvalue weighted by atomic mass is 9.82. The maximum absolute atomic E-state index is 2.52. The highest BCUT2D eigenvalue weighted by molar-refractivity contribution is 5.97. The van der Waals surface area contributed by atoms with Crippen molar-refractivity contribution in [2.75, 3.05) is 4.90 Å². The van der Waals surface area contributed by atoms with E-state index in [9.17, 15) is 0 Å². The molecule has 9 rings (SSSR count). The summed E-state index contributed by atoms with van der Waals surface area (Å²) in [4.78, 5) is 2.52. The van der Waals surface area contributed by atoms with Gasteiger partial charge in [-0.05, 0) is 110 Å². The van der Waals surface area contributed by atoms with Gasteiger partial charge in [-0.2, -0.15) is 0 Å². The van der Waals surface area contributed by atoms with Crippen molar-refractivity contribution in [2.45, 2.75) is 45.4 Å². The van der Waals surface area contributed by atoms with Gasteiger partial charge in [0.05, 0.1) is 5.69 Å². The minimum atomic E-state index is -0.0875. The Labute approximate surface area is 284 Å². The minimum Gasteiger partial charge on any atom is -0.310 e. The van der Waals surface area contributed by atoms with Crippen LogP contribution in [0, 0.1) is 6.92 Å². The predicted octanol–water partition coefficient (Wildman–Crippen LogP) is 12.9. The predicted molar refractivity (Wildman–Crippen MR) is 204 cm³/mol. The standard InChI is InChI=1S/C47H39N/c1-30-27-33(34-22-21-31-13-6-7-14-32(31)28-34)23-26-43(30)48(35-24-25-37-36-15-8-10-17-39(36)47(4,5)42(37)29-35)44-20-12-19-41-45(44)38-16-9-11-18-40(38)46(41,2)3/h6-29H,1-5H3. The molecule has 0 radical (unpaired) electrons. The number of anilines is 3. The monoisotopic (exact) mass is 617 g/mol. The van der Waals surface area contributed by atoms with Crippen molar-refractivity contribution < 1.29 is 0 Å². The van der Waals surface area contributed by atoms with Crippen LogP contribution in [0.1, 0.15) is 55.5 Å². The summed E-state index contributed by atoms with van der Waals surface area (Å²) >= 11 is 0. The van der Waals surface area contributed by atoms with E-state index in [-0.39, 0.29) is 10.8 Å². The Kier molecular flexibility index (Phi) is 6.18. The molecule has 2 aliphatic carbocycles. The largest absolute Gasteiger partial charge is 0.310 e. The molecule has 1 nitrogen and oxygen atoms in total. The van der Waals surface area contributed by atoms with Crippen molar-refractivity contribution in [3.05, 3.63) is 173 Å². The molecule has 1 heteroatoms. The van der Waals surface area contributed by atoms with Crippen LogP contribution < -0.4 is 4.90 Å². The third-order valence-corrected chi connectivity index (χ3v) is 11.2. The van der Waals surface area contributed by atoms with E-state index in [1.54, 1.807) is 0 Å². The SMILES string of the molecule is Cc1cc(-c2ccc3ccccc3c2)ccc1N(c1ccc2c(c1)C(C)(C)c1ccccc1-2)c1cccc2c1-c1ccccc1C2(C)C. The summed E-state index contributed by atoms with van der Waals surface area (Å²) in [5, 5.41) is 2.53. The lowest BCUT2D eigenvalue weighted by molar-refractivity contribution is 0.660. The Bertz CT molecular complexity index is 2420. The van der Waals surface area contributed by atoms with Crippen LogP contribution in [0.4, 0.5) is 17.1 Å². The molecule has 48 heavy (non-hydrogen) atoms. The second kappa shape index (κ2) is 10.3. The molecule has 2 aliphatic rings. The van der Waals surface area contributed by atoms with E-state index in [0.717, 1.165) is 0 Å². The van der Waals surface area contributed by atoms with E-state index in [4.69, 9.17) is 0 Å². The number of rotatable bonds is 4. The fourth-order valence-corrected chi connectivity index (χ4v) is 8.62. The number of hydrogen-bond donors (Lipinski definition) is 0. The van der Waals surface area contributed by atoms with Crippen molar-refractivity contribution in [3.8, 4) is 33.4 Å². The van der Waals surface area contributed by atoms with Crippen molar-refractivity contribution in [1.82, 2.24) is 0 Å². The van der Waals surface area contributed by atoms with E-state index in [1.807, 2.05) is 0 Å². The van der Waals surface area contributed by atoms with Crippen LogP contribution in [0.5, 0.6) is 0 Å². The summed E-state index contributed by atoms with van der Waals surface area (Å²) in [7, 11) is 0. The zero-order chi connectivity index (χ0) is 32.8. The Morgan fingerprint density at radius 1 is 0.417 bits per heavy atom. The number of benzene rings is 7. The molecule has 0 fully saturated rings. The van der Waals surface area contributed by atoms with Gasteiger partial charge in [0, 0.05) is 27.8 Å². The summed E-state index contributed by atoms with van der Waals surface area (Å²) in [6.45, 7) is 11.7. The van der Waals surface area contributed by atoms with Crippen molar-refractivity contribution >= 4 is 27.8 Å². The molecule has 0 spiro atoms. The Hall–Kier alpha value is -5.40. The van der Waals surface area contributed by atoms with Crippen LogP contribution in [-0.2, 0) is 10.8 Å². The highest BCUT2D eigenvalue weighted by Gasteiger charge is 2.39. The molecule has 0 amide bonds. The van der Waals surface area contributed by atoms with Gasteiger partial charge in [0.15, 0.2) is 0 Å². The zero-order valence-electron chi connectivity index (χ0n) is 28.3. The molecule has 0 atom stereocenters. The van der Waals surface area contributed by atoms with Crippen molar-refractivity contribution in [1.29, 1.82) is 0 Å². The van der Waals surface area contributed by atoms with Gasteiger partial charge in [0.1, 0.15) is 0 Å². The van der Waals surface area contributed by atoms with E-state index in [0.29, 0.717) is 0 Å². The molecule has 232 valence electrons. The number of hydrogen-bond acceptors (Lipinski definition) is 1. The first-order valence-electron chi connectivity index (χ1n) is 17.1. The second-order valence-electron chi connectivity index (χ2n) is 14.7. The highest BCUT2D eigenvalue weighted by atomic mass is 15.1. The third kappa shape index (κ3) is 4.10. The Morgan fingerprint density at radius 3 is 1.81 bits per heavy atom.